The molecular weight excluding hydrogens is 302 g/mol. The minimum absolute atomic E-state index is 0.274. The summed E-state index contributed by atoms with van der Waals surface area (Å²) in [7, 11) is 0. The van der Waals surface area contributed by atoms with E-state index >= 15 is 0 Å². The first kappa shape index (κ1) is 13.4. The highest BCUT2D eigenvalue weighted by Crippen LogP contribution is 2.11. The molecule has 0 aliphatic rings. The van der Waals surface area contributed by atoms with E-state index in [9.17, 15) is 4.79 Å². The molecule has 0 bridgehead atoms. The summed E-state index contributed by atoms with van der Waals surface area (Å²) in [6.07, 6.45) is 0. The predicted molar refractivity (Wildman–Crippen MR) is 79.3 cm³/mol. The van der Waals surface area contributed by atoms with Crippen LogP contribution < -0.4 is 5.32 Å². The van der Waals surface area contributed by atoms with E-state index < -0.39 is 0 Å². The van der Waals surface area contributed by atoms with E-state index in [1.54, 1.807) is 0 Å². The summed E-state index contributed by atoms with van der Waals surface area (Å²) in [4.78, 5) is 11.6. The summed E-state index contributed by atoms with van der Waals surface area (Å²) in [5, 5.41) is 2.76. The number of hydrogen-bond acceptors (Lipinski definition) is 1. The van der Waals surface area contributed by atoms with Crippen LogP contribution in [0.1, 0.15) is 11.1 Å². The number of carbonyl (C=O) groups is 1. The standard InChI is InChI=1S/C16H12BrNO/c17-15-8-4-7-14(11-15)12-18-16(19)10-9-13-5-2-1-3-6-13/h1-8,11H,12H2,(H,18,19). The maximum atomic E-state index is 11.6. The van der Waals surface area contributed by atoms with Gasteiger partial charge in [-0.25, -0.2) is 0 Å². The Hall–Kier alpha value is -2.05. The minimum Gasteiger partial charge on any atom is -0.341 e. The highest BCUT2D eigenvalue weighted by molar-refractivity contribution is 9.10. The molecule has 0 aromatic heterocycles. The molecule has 0 radical (unpaired) electrons. The summed E-state index contributed by atoms with van der Waals surface area (Å²) in [6, 6.07) is 17.2. The van der Waals surface area contributed by atoms with Crippen LogP contribution in [0.4, 0.5) is 0 Å². The molecule has 0 unspecified atom stereocenters. The summed E-state index contributed by atoms with van der Waals surface area (Å²) < 4.78 is 0.995. The predicted octanol–water partition coefficient (Wildman–Crippen LogP) is 3.12. The Morgan fingerprint density at radius 2 is 1.89 bits per heavy atom. The molecule has 0 saturated heterocycles. The lowest BCUT2D eigenvalue weighted by Gasteiger charge is -2.01. The maximum Gasteiger partial charge on any atom is 0.296 e. The highest BCUT2D eigenvalue weighted by Gasteiger charge is 1.97. The number of halogens is 1. The van der Waals surface area contributed by atoms with Crippen LogP contribution in [0.25, 0.3) is 0 Å². The van der Waals surface area contributed by atoms with E-state index in [-0.39, 0.29) is 5.91 Å². The molecule has 0 heterocycles. The van der Waals surface area contributed by atoms with Crippen molar-refractivity contribution in [3.05, 3.63) is 70.2 Å². The third-order valence-electron chi connectivity index (χ3n) is 2.44. The molecule has 94 valence electrons. The average molecular weight is 314 g/mol. The fourth-order valence-corrected chi connectivity index (χ4v) is 1.97. The van der Waals surface area contributed by atoms with E-state index in [4.69, 9.17) is 0 Å². The third-order valence-corrected chi connectivity index (χ3v) is 2.93. The topological polar surface area (TPSA) is 29.1 Å². The van der Waals surface area contributed by atoms with Crippen molar-refractivity contribution in [2.45, 2.75) is 6.54 Å². The lowest BCUT2D eigenvalue weighted by Crippen LogP contribution is -2.20. The molecule has 2 rings (SSSR count). The van der Waals surface area contributed by atoms with Crippen LogP contribution in [0.3, 0.4) is 0 Å². The second-order valence-corrected chi connectivity index (χ2v) is 4.84. The molecule has 1 amide bonds. The number of rotatable bonds is 2. The van der Waals surface area contributed by atoms with E-state index in [2.05, 4.69) is 33.1 Å². The normalized spacial score (nSPS) is 9.32. The Morgan fingerprint density at radius 1 is 1.11 bits per heavy atom. The van der Waals surface area contributed by atoms with Crippen molar-refractivity contribution >= 4 is 21.8 Å². The Balaban J connectivity index is 1.91. The molecule has 0 atom stereocenters. The number of nitrogens with one attached hydrogen (secondary N) is 1. The first-order valence-electron chi connectivity index (χ1n) is 5.83. The van der Waals surface area contributed by atoms with Crippen LogP contribution in [0.5, 0.6) is 0 Å². The van der Waals surface area contributed by atoms with Crippen LogP contribution >= 0.6 is 15.9 Å². The molecule has 0 aliphatic heterocycles. The number of hydrogen-bond donors (Lipinski definition) is 1. The zero-order chi connectivity index (χ0) is 13.5. The molecule has 3 heteroatoms. The molecule has 2 aromatic rings. The van der Waals surface area contributed by atoms with E-state index in [1.807, 2.05) is 54.6 Å². The maximum absolute atomic E-state index is 11.6. The molecule has 1 N–H and O–H groups in total. The van der Waals surface area contributed by atoms with Gasteiger partial charge in [-0.2, -0.15) is 0 Å². The van der Waals surface area contributed by atoms with Gasteiger partial charge in [0.15, 0.2) is 0 Å². The van der Waals surface area contributed by atoms with E-state index in [0.717, 1.165) is 15.6 Å². The largest absolute Gasteiger partial charge is 0.341 e. The van der Waals surface area contributed by atoms with Crippen molar-refractivity contribution in [2.75, 3.05) is 0 Å². The number of benzene rings is 2. The quantitative estimate of drug-likeness (QED) is 0.848. The van der Waals surface area contributed by atoms with Crippen LogP contribution in [-0.2, 0) is 11.3 Å². The van der Waals surface area contributed by atoms with Gasteiger partial charge < -0.3 is 5.32 Å². The summed E-state index contributed by atoms with van der Waals surface area (Å²) in [5.41, 5.74) is 1.87. The zero-order valence-corrected chi connectivity index (χ0v) is 11.8. The van der Waals surface area contributed by atoms with Gasteiger partial charge in [0, 0.05) is 22.5 Å². The first-order valence-corrected chi connectivity index (χ1v) is 6.63. The van der Waals surface area contributed by atoms with Gasteiger partial charge in [0.2, 0.25) is 0 Å². The van der Waals surface area contributed by atoms with Crippen molar-refractivity contribution in [3.63, 3.8) is 0 Å². The Labute approximate surface area is 121 Å². The highest BCUT2D eigenvalue weighted by atomic mass is 79.9. The minimum atomic E-state index is -0.274. The van der Waals surface area contributed by atoms with Gasteiger partial charge in [-0.1, -0.05) is 52.2 Å². The molecule has 19 heavy (non-hydrogen) atoms. The van der Waals surface area contributed by atoms with Gasteiger partial charge in [-0.15, -0.1) is 0 Å². The lowest BCUT2D eigenvalue weighted by molar-refractivity contribution is -0.115. The number of carbonyl (C=O) groups excluding carboxylic acids is 1. The average Bonchev–Trinajstić information content (AvgIpc) is 2.44. The van der Waals surface area contributed by atoms with Gasteiger partial charge >= 0.3 is 0 Å². The third kappa shape index (κ3) is 4.61. The second kappa shape index (κ2) is 6.77. The van der Waals surface area contributed by atoms with Crippen molar-refractivity contribution in [1.29, 1.82) is 0 Å². The van der Waals surface area contributed by atoms with Crippen molar-refractivity contribution in [2.24, 2.45) is 0 Å². The fraction of sp³-hybridized carbons (Fsp3) is 0.0625. The zero-order valence-electron chi connectivity index (χ0n) is 10.2. The molecule has 2 nitrogen and oxygen atoms in total. The Bertz CT molecular complexity index is 626. The molecule has 0 aliphatic carbocycles. The van der Waals surface area contributed by atoms with Crippen LogP contribution in [0.15, 0.2) is 59.1 Å². The smallest absolute Gasteiger partial charge is 0.296 e. The summed E-state index contributed by atoms with van der Waals surface area (Å²) >= 11 is 3.39. The Kier molecular flexibility index (Phi) is 4.77. The van der Waals surface area contributed by atoms with Crippen LogP contribution in [-0.4, -0.2) is 5.91 Å². The van der Waals surface area contributed by atoms with Gasteiger partial charge in [0.05, 0.1) is 0 Å². The van der Waals surface area contributed by atoms with Crippen molar-refractivity contribution < 1.29 is 4.79 Å². The fourth-order valence-electron chi connectivity index (χ4n) is 1.52. The lowest BCUT2D eigenvalue weighted by atomic mass is 10.2. The summed E-state index contributed by atoms with van der Waals surface area (Å²) in [5.74, 6) is 5.12. The SMILES string of the molecule is O=C(C#Cc1ccccc1)NCc1cccc(Br)c1. The van der Waals surface area contributed by atoms with Gasteiger partial charge in [0.1, 0.15) is 0 Å². The Morgan fingerprint density at radius 3 is 2.63 bits per heavy atom. The van der Waals surface area contributed by atoms with Crippen LogP contribution in [0.2, 0.25) is 0 Å². The van der Waals surface area contributed by atoms with Crippen molar-refractivity contribution in [3.8, 4) is 11.8 Å². The van der Waals surface area contributed by atoms with Gasteiger partial charge in [-0.05, 0) is 29.8 Å². The van der Waals surface area contributed by atoms with Crippen molar-refractivity contribution in [1.82, 2.24) is 5.32 Å². The van der Waals surface area contributed by atoms with Crippen LogP contribution in [0, 0.1) is 11.8 Å². The molecule has 0 fully saturated rings. The molecule has 0 spiro atoms. The second-order valence-electron chi connectivity index (χ2n) is 3.93. The monoisotopic (exact) mass is 313 g/mol. The van der Waals surface area contributed by atoms with Gasteiger partial charge in [-0.3, -0.25) is 4.79 Å². The summed E-state index contributed by atoms with van der Waals surface area (Å²) in [6.45, 7) is 0.474. The number of amides is 1. The first-order chi connectivity index (χ1) is 9.24. The molecule has 2 aromatic carbocycles. The van der Waals surface area contributed by atoms with Gasteiger partial charge in [0.25, 0.3) is 5.91 Å². The molecule has 0 saturated carbocycles. The van der Waals surface area contributed by atoms with E-state index in [0.29, 0.717) is 6.54 Å². The molecular formula is C16H12BrNO. The van der Waals surface area contributed by atoms with E-state index in [1.165, 1.54) is 0 Å².